The summed E-state index contributed by atoms with van der Waals surface area (Å²) >= 11 is 0. The Morgan fingerprint density at radius 1 is 1.03 bits per heavy atom. The molecule has 2 N–H and O–H groups in total. The molecule has 2 aromatic heterocycles. The van der Waals surface area contributed by atoms with Gasteiger partial charge in [-0.1, -0.05) is 69.7 Å². The van der Waals surface area contributed by atoms with Crippen molar-refractivity contribution in [3.63, 3.8) is 0 Å². The molecule has 0 amide bonds. The number of allylic oxidation sites excluding steroid dienone is 1. The van der Waals surface area contributed by atoms with Crippen LogP contribution in [0, 0.1) is 5.92 Å². The van der Waals surface area contributed by atoms with E-state index < -0.39 is 0 Å². The molecule has 0 unspecified atom stereocenters. The van der Waals surface area contributed by atoms with Crippen LogP contribution < -0.4 is 5.53 Å². The van der Waals surface area contributed by atoms with E-state index in [4.69, 9.17) is 0 Å². The third kappa shape index (κ3) is 5.88. The number of H-pyrrole nitrogens is 1. The molecule has 35 heavy (non-hydrogen) atoms. The third-order valence-electron chi connectivity index (χ3n) is 7.20. The van der Waals surface area contributed by atoms with Gasteiger partial charge in [-0.2, -0.15) is 5.21 Å². The van der Waals surface area contributed by atoms with Gasteiger partial charge in [-0.25, -0.2) is 0 Å². The normalized spacial score (nSPS) is 16.7. The Hall–Kier alpha value is -3.26. The largest absolute Gasteiger partial charge is 0.296 e. The number of unbranched alkanes of at least 4 members (excludes halogenated alkanes) is 1. The monoisotopic (exact) mass is 472 g/mol. The van der Waals surface area contributed by atoms with Gasteiger partial charge < -0.3 is 0 Å². The first-order valence-corrected chi connectivity index (χ1v) is 13.1. The Morgan fingerprint density at radius 2 is 1.89 bits per heavy atom. The van der Waals surface area contributed by atoms with E-state index in [9.17, 15) is 0 Å². The molecule has 0 spiro atoms. The molecule has 0 bridgehead atoms. The second-order valence-corrected chi connectivity index (χ2v) is 9.75. The highest BCUT2D eigenvalue weighted by atomic mass is 15.8. The van der Waals surface area contributed by atoms with Gasteiger partial charge >= 0.3 is 0 Å². The molecule has 1 aliphatic heterocycles. The number of nitrogens with zero attached hydrogens (tertiary/aromatic N) is 6. The summed E-state index contributed by atoms with van der Waals surface area (Å²) in [6.45, 7) is 4.17. The fourth-order valence-corrected chi connectivity index (χ4v) is 5.17. The van der Waals surface area contributed by atoms with Gasteiger partial charge in [0.1, 0.15) is 0 Å². The smallest absolute Gasteiger partial charge is 0.205 e. The summed E-state index contributed by atoms with van der Waals surface area (Å²) in [5, 5.41) is 19.1. The maximum absolute atomic E-state index is 4.32. The van der Waals surface area contributed by atoms with E-state index in [-0.39, 0.29) is 0 Å². The first-order valence-electron chi connectivity index (χ1n) is 13.1. The number of aromatic nitrogens is 5. The minimum absolute atomic E-state index is 0.576. The van der Waals surface area contributed by atoms with Crippen molar-refractivity contribution in [2.75, 3.05) is 6.54 Å². The predicted octanol–water partition coefficient (Wildman–Crippen LogP) is 5.47. The minimum Gasteiger partial charge on any atom is -0.296 e. The number of hydrogen-bond acceptors (Lipinski definition) is 7. The van der Waals surface area contributed by atoms with Crippen molar-refractivity contribution in [2.45, 2.75) is 71.3 Å². The van der Waals surface area contributed by atoms with Gasteiger partial charge in [-0.05, 0) is 47.6 Å². The lowest BCUT2D eigenvalue weighted by molar-refractivity contribution is 0.111. The van der Waals surface area contributed by atoms with E-state index in [0.717, 1.165) is 42.1 Å². The van der Waals surface area contributed by atoms with E-state index in [1.54, 1.807) is 6.20 Å². The van der Waals surface area contributed by atoms with E-state index in [1.165, 1.54) is 62.6 Å². The van der Waals surface area contributed by atoms with Crippen LogP contribution in [0.2, 0.25) is 0 Å². The second-order valence-electron chi connectivity index (χ2n) is 9.75. The van der Waals surface area contributed by atoms with E-state index in [0.29, 0.717) is 5.82 Å². The summed E-state index contributed by atoms with van der Waals surface area (Å²) in [7, 11) is 0. The van der Waals surface area contributed by atoms with Gasteiger partial charge in [0.25, 0.3) is 0 Å². The topological polar surface area (TPSA) is 85.9 Å². The first kappa shape index (κ1) is 23.5. The third-order valence-corrected chi connectivity index (χ3v) is 7.20. The van der Waals surface area contributed by atoms with E-state index >= 15 is 0 Å². The summed E-state index contributed by atoms with van der Waals surface area (Å²) < 4.78 is 0. The van der Waals surface area contributed by atoms with Crippen LogP contribution in [0.1, 0.15) is 70.3 Å². The lowest BCUT2D eigenvalue weighted by Gasteiger charge is -2.27. The maximum atomic E-state index is 4.32. The molecule has 1 aliphatic carbocycles. The van der Waals surface area contributed by atoms with Crippen molar-refractivity contribution in [1.29, 1.82) is 0 Å². The summed E-state index contributed by atoms with van der Waals surface area (Å²) in [6, 6.07) is 10.6. The molecule has 0 atom stereocenters. The molecule has 0 saturated heterocycles. The molecule has 5 rings (SSSR count). The number of aromatic amines is 1. The number of pyridine rings is 1. The molecular weight excluding hydrogens is 436 g/mol. The lowest BCUT2D eigenvalue weighted by Crippen LogP contribution is -2.40. The molecular formula is C27H36N8. The number of tetrazole rings is 1. The number of hydrogen-bond donors (Lipinski definition) is 2. The van der Waals surface area contributed by atoms with Crippen molar-refractivity contribution < 1.29 is 0 Å². The quantitative estimate of drug-likeness (QED) is 0.405. The van der Waals surface area contributed by atoms with E-state index in [1.807, 2.05) is 12.3 Å². The number of rotatable bonds is 10. The Kier molecular flexibility index (Phi) is 7.68. The molecule has 0 radical (unpaired) electrons. The zero-order chi connectivity index (χ0) is 23.9. The van der Waals surface area contributed by atoms with Crippen LogP contribution in [-0.2, 0) is 6.54 Å². The lowest BCUT2D eigenvalue weighted by atomic mass is 9.87. The highest BCUT2D eigenvalue weighted by Crippen LogP contribution is 2.30. The van der Waals surface area contributed by atoms with Crippen LogP contribution in [0.25, 0.3) is 22.5 Å². The fourth-order valence-electron chi connectivity index (χ4n) is 5.17. The van der Waals surface area contributed by atoms with Crippen molar-refractivity contribution in [1.82, 2.24) is 41.2 Å². The van der Waals surface area contributed by atoms with Gasteiger partial charge in [-0.15, -0.1) is 15.7 Å². The zero-order valence-corrected chi connectivity index (χ0v) is 20.7. The molecule has 1 aromatic carbocycles. The van der Waals surface area contributed by atoms with Gasteiger partial charge in [0.2, 0.25) is 5.82 Å². The average molecular weight is 473 g/mol. The fraction of sp³-hybridized carbons (Fsp3) is 0.481. The van der Waals surface area contributed by atoms with Crippen LogP contribution in [0.15, 0.2) is 54.6 Å². The molecule has 2 aliphatic rings. The van der Waals surface area contributed by atoms with E-state index in [2.05, 4.69) is 78.5 Å². The average Bonchev–Trinajstić information content (AvgIpc) is 3.58. The minimum atomic E-state index is 0.576. The van der Waals surface area contributed by atoms with Crippen LogP contribution >= 0.6 is 0 Å². The zero-order valence-electron chi connectivity index (χ0n) is 20.7. The van der Waals surface area contributed by atoms with Gasteiger partial charge in [0, 0.05) is 42.0 Å². The summed E-state index contributed by atoms with van der Waals surface area (Å²) in [6.07, 6.45) is 17.8. The molecule has 3 aromatic rings. The highest BCUT2D eigenvalue weighted by Gasteiger charge is 2.22. The molecule has 3 heterocycles. The van der Waals surface area contributed by atoms with Crippen LogP contribution in [0.4, 0.5) is 0 Å². The Morgan fingerprint density at radius 3 is 2.66 bits per heavy atom. The SMILES string of the molecule is CCCCC1=CN(CCC2CCCCC2)NN1Cc1ccc(-c2cnccc2-c2nn[nH]n2)cc1. The molecule has 1 fully saturated rings. The number of benzene rings is 1. The summed E-state index contributed by atoms with van der Waals surface area (Å²) in [5.41, 5.74) is 9.30. The van der Waals surface area contributed by atoms with Crippen molar-refractivity contribution in [3.8, 4) is 22.5 Å². The Bertz CT molecular complexity index is 1090. The summed E-state index contributed by atoms with van der Waals surface area (Å²) in [5.74, 6) is 1.47. The standard InChI is InChI=1S/C27H36N8/c1-2-3-9-24-20-34(17-15-21-7-5-4-6-8-21)33-35(24)19-22-10-12-23(13-11-22)26-18-28-16-14-25(26)27-29-31-32-30-27/h10-14,16,18,20-21,33H,2-9,15,17,19H2,1H3,(H,29,30,31,32). The molecule has 1 saturated carbocycles. The van der Waals surface area contributed by atoms with Crippen LogP contribution in [0.5, 0.6) is 0 Å². The predicted molar refractivity (Wildman–Crippen MR) is 137 cm³/mol. The van der Waals surface area contributed by atoms with Gasteiger partial charge in [0.05, 0.1) is 6.54 Å². The Balaban J connectivity index is 1.25. The summed E-state index contributed by atoms with van der Waals surface area (Å²) in [4.78, 5) is 4.32. The molecule has 8 nitrogen and oxygen atoms in total. The van der Waals surface area contributed by atoms with Crippen LogP contribution in [-0.4, -0.2) is 42.2 Å². The second kappa shape index (κ2) is 11.4. The molecule has 8 heteroatoms. The van der Waals surface area contributed by atoms with Gasteiger partial charge in [-0.3, -0.25) is 15.0 Å². The number of nitrogens with one attached hydrogen (secondary N) is 2. The Labute approximate surface area is 207 Å². The first-order chi connectivity index (χ1) is 17.3. The van der Waals surface area contributed by atoms with Crippen LogP contribution in [0.3, 0.4) is 0 Å². The number of hydrazine groups is 2. The van der Waals surface area contributed by atoms with Crippen molar-refractivity contribution in [3.05, 3.63) is 60.2 Å². The van der Waals surface area contributed by atoms with Crippen molar-refractivity contribution in [2.24, 2.45) is 5.92 Å². The van der Waals surface area contributed by atoms with Gasteiger partial charge in [0.15, 0.2) is 0 Å². The maximum Gasteiger partial charge on any atom is 0.205 e. The highest BCUT2D eigenvalue weighted by molar-refractivity contribution is 5.79. The van der Waals surface area contributed by atoms with Crippen molar-refractivity contribution >= 4 is 0 Å². The molecule has 184 valence electrons.